The smallest absolute Gasteiger partial charge is 0.272 e. The van der Waals surface area contributed by atoms with Gasteiger partial charge in [0.05, 0.1) is 16.6 Å². The molecule has 0 bridgehead atoms. The fraction of sp³-hybridized carbons (Fsp3) is 0.185. The number of carbonyl (C=O) groups excluding carboxylic acids is 2. The number of anilines is 1. The first-order valence-electron chi connectivity index (χ1n) is 11.4. The number of aromatic amines is 1. The number of hydrogen-bond donors (Lipinski definition) is 1. The third-order valence-electron chi connectivity index (χ3n) is 6.39. The molecule has 1 aliphatic heterocycles. The summed E-state index contributed by atoms with van der Waals surface area (Å²) >= 11 is 0. The van der Waals surface area contributed by atoms with E-state index < -0.39 is 17.8 Å². The Morgan fingerprint density at radius 3 is 2.49 bits per heavy atom. The average molecular weight is 471 g/mol. The molecule has 1 unspecified atom stereocenters. The van der Waals surface area contributed by atoms with Crippen LogP contribution in [0.4, 0.5) is 10.1 Å². The molecule has 1 fully saturated rings. The molecule has 0 saturated carbocycles. The van der Waals surface area contributed by atoms with Gasteiger partial charge in [-0.1, -0.05) is 42.5 Å². The van der Waals surface area contributed by atoms with E-state index in [9.17, 15) is 18.8 Å². The molecule has 1 aromatic heterocycles. The Labute approximate surface area is 200 Å². The number of halogens is 1. The molecule has 7 nitrogen and oxygen atoms in total. The first-order valence-corrected chi connectivity index (χ1v) is 11.4. The zero-order valence-electron chi connectivity index (χ0n) is 19.1. The monoisotopic (exact) mass is 470 g/mol. The number of nitrogens with zero attached hydrogens (tertiary/aromatic N) is 3. The number of carbonyl (C=O) groups is 2. The van der Waals surface area contributed by atoms with Crippen molar-refractivity contribution in [1.82, 2.24) is 15.1 Å². The van der Waals surface area contributed by atoms with Crippen LogP contribution < -0.4 is 10.5 Å². The number of benzene rings is 3. The summed E-state index contributed by atoms with van der Waals surface area (Å²) < 4.78 is 14.8. The maximum atomic E-state index is 14.8. The lowest BCUT2D eigenvalue weighted by Gasteiger charge is -2.39. The molecule has 1 aliphatic rings. The SMILES string of the molecule is CC1C(=O)N(c2ccccc2)CCN1C(=O)c1cc(Cc2n[nH]c(=O)c3ccccc23)ccc1F. The van der Waals surface area contributed by atoms with E-state index in [-0.39, 0.29) is 23.6 Å². The maximum absolute atomic E-state index is 14.8. The summed E-state index contributed by atoms with van der Waals surface area (Å²) in [5.41, 5.74) is 1.67. The second kappa shape index (κ2) is 9.13. The summed E-state index contributed by atoms with van der Waals surface area (Å²) in [5.74, 6) is -1.39. The molecule has 176 valence electrons. The Balaban J connectivity index is 1.41. The minimum atomic E-state index is -0.732. The van der Waals surface area contributed by atoms with E-state index in [1.165, 1.54) is 17.0 Å². The average Bonchev–Trinajstić information content (AvgIpc) is 2.88. The van der Waals surface area contributed by atoms with E-state index in [4.69, 9.17) is 0 Å². The molecular weight excluding hydrogens is 447 g/mol. The van der Waals surface area contributed by atoms with Crippen molar-refractivity contribution < 1.29 is 14.0 Å². The summed E-state index contributed by atoms with van der Waals surface area (Å²) in [6, 6.07) is 20.0. The van der Waals surface area contributed by atoms with Gasteiger partial charge in [0.15, 0.2) is 0 Å². The summed E-state index contributed by atoms with van der Waals surface area (Å²) in [7, 11) is 0. The van der Waals surface area contributed by atoms with Gasteiger partial charge in [-0.05, 0) is 42.8 Å². The number of aromatic nitrogens is 2. The molecule has 3 aromatic carbocycles. The van der Waals surface area contributed by atoms with Gasteiger partial charge in [0.25, 0.3) is 11.5 Å². The lowest BCUT2D eigenvalue weighted by molar-refractivity contribution is -0.124. The van der Waals surface area contributed by atoms with Crippen molar-refractivity contribution in [2.24, 2.45) is 0 Å². The van der Waals surface area contributed by atoms with Gasteiger partial charge in [0.1, 0.15) is 11.9 Å². The Bertz CT molecular complexity index is 1490. The van der Waals surface area contributed by atoms with Crippen LogP contribution in [0.15, 0.2) is 77.6 Å². The van der Waals surface area contributed by atoms with E-state index in [1.54, 1.807) is 30.0 Å². The number of amides is 2. The van der Waals surface area contributed by atoms with E-state index in [2.05, 4.69) is 10.2 Å². The predicted octanol–water partition coefficient (Wildman–Crippen LogP) is 3.53. The van der Waals surface area contributed by atoms with Crippen molar-refractivity contribution in [3.05, 3.63) is 106 Å². The quantitative estimate of drug-likeness (QED) is 0.495. The van der Waals surface area contributed by atoms with Crippen molar-refractivity contribution in [1.29, 1.82) is 0 Å². The van der Waals surface area contributed by atoms with Gasteiger partial charge in [-0.15, -0.1) is 0 Å². The molecule has 1 saturated heterocycles. The number of piperazine rings is 1. The first kappa shape index (κ1) is 22.5. The summed E-state index contributed by atoms with van der Waals surface area (Å²) in [6.07, 6.45) is 0.300. The highest BCUT2D eigenvalue weighted by molar-refractivity contribution is 6.03. The normalized spacial score (nSPS) is 16.1. The highest BCUT2D eigenvalue weighted by Crippen LogP contribution is 2.24. The van der Waals surface area contributed by atoms with Crippen LogP contribution in [-0.2, 0) is 11.2 Å². The van der Waals surface area contributed by atoms with Crippen LogP contribution >= 0.6 is 0 Å². The molecule has 5 rings (SSSR count). The third kappa shape index (κ3) is 4.19. The largest absolute Gasteiger partial charge is 0.325 e. The van der Waals surface area contributed by atoms with Gasteiger partial charge in [-0.3, -0.25) is 14.4 Å². The molecule has 35 heavy (non-hydrogen) atoms. The van der Waals surface area contributed by atoms with Crippen LogP contribution in [0.5, 0.6) is 0 Å². The van der Waals surface area contributed by atoms with Crippen molar-refractivity contribution >= 4 is 28.3 Å². The Hall–Kier alpha value is -4.33. The fourth-order valence-electron chi connectivity index (χ4n) is 4.51. The van der Waals surface area contributed by atoms with E-state index >= 15 is 0 Å². The van der Waals surface area contributed by atoms with Crippen LogP contribution in [0.3, 0.4) is 0 Å². The van der Waals surface area contributed by atoms with E-state index in [1.807, 2.05) is 42.5 Å². The third-order valence-corrected chi connectivity index (χ3v) is 6.39. The standard InChI is InChI=1S/C27H23FN4O3/c1-17-26(34)32(19-7-3-2-4-8-19)14-13-31(17)27(35)22-15-18(11-12-23(22)28)16-24-20-9-5-6-10-21(20)25(33)30-29-24/h2-12,15,17H,13-14,16H2,1H3,(H,30,33). The van der Waals surface area contributed by atoms with Crippen molar-refractivity contribution in [3.63, 3.8) is 0 Å². The summed E-state index contributed by atoms with van der Waals surface area (Å²) in [6.45, 7) is 2.28. The molecule has 1 atom stereocenters. The first-order chi connectivity index (χ1) is 16.9. The molecule has 0 radical (unpaired) electrons. The highest BCUT2D eigenvalue weighted by Gasteiger charge is 2.36. The van der Waals surface area contributed by atoms with E-state index in [0.717, 1.165) is 5.69 Å². The maximum Gasteiger partial charge on any atom is 0.272 e. The Morgan fingerprint density at radius 2 is 1.71 bits per heavy atom. The molecule has 1 N–H and O–H groups in total. The van der Waals surface area contributed by atoms with Crippen LogP contribution in [0.1, 0.15) is 28.5 Å². The molecule has 4 aromatic rings. The Kier molecular flexibility index (Phi) is 5.86. The number of hydrogen-bond acceptors (Lipinski definition) is 4. The minimum absolute atomic E-state index is 0.0935. The number of para-hydroxylation sites is 1. The van der Waals surface area contributed by atoms with Crippen molar-refractivity contribution in [2.75, 3.05) is 18.0 Å². The molecule has 0 aliphatic carbocycles. The summed E-state index contributed by atoms with van der Waals surface area (Å²) in [5, 5.41) is 7.88. The minimum Gasteiger partial charge on any atom is -0.325 e. The van der Waals surface area contributed by atoms with Crippen LogP contribution in [0.2, 0.25) is 0 Å². The number of fused-ring (bicyclic) bond motifs is 1. The summed E-state index contributed by atoms with van der Waals surface area (Å²) in [4.78, 5) is 41.5. The second-order valence-electron chi connectivity index (χ2n) is 8.54. The van der Waals surface area contributed by atoms with Crippen molar-refractivity contribution in [2.45, 2.75) is 19.4 Å². The lowest BCUT2D eigenvalue weighted by atomic mass is 10.0. The van der Waals surface area contributed by atoms with Gasteiger partial charge >= 0.3 is 0 Å². The zero-order chi connectivity index (χ0) is 24.5. The van der Waals surface area contributed by atoms with Crippen LogP contribution in [-0.4, -0.2) is 46.0 Å². The van der Waals surface area contributed by atoms with Gasteiger partial charge < -0.3 is 9.80 Å². The molecular formula is C27H23FN4O3. The fourth-order valence-corrected chi connectivity index (χ4v) is 4.51. The Morgan fingerprint density at radius 1 is 1.00 bits per heavy atom. The lowest BCUT2D eigenvalue weighted by Crippen LogP contribution is -2.57. The van der Waals surface area contributed by atoms with Crippen molar-refractivity contribution in [3.8, 4) is 0 Å². The second-order valence-corrected chi connectivity index (χ2v) is 8.54. The highest BCUT2D eigenvalue weighted by atomic mass is 19.1. The number of H-pyrrole nitrogens is 1. The van der Waals surface area contributed by atoms with Crippen LogP contribution in [0, 0.1) is 5.82 Å². The molecule has 0 spiro atoms. The topological polar surface area (TPSA) is 86.4 Å². The number of nitrogens with one attached hydrogen (secondary N) is 1. The van der Waals surface area contributed by atoms with Gasteiger partial charge in [-0.2, -0.15) is 5.10 Å². The molecule has 8 heteroatoms. The van der Waals surface area contributed by atoms with Gasteiger partial charge in [0, 0.05) is 30.6 Å². The van der Waals surface area contributed by atoms with Gasteiger partial charge in [0.2, 0.25) is 5.91 Å². The molecule has 2 amide bonds. The predicted molar refractivity (Wildman–Crippen MR) is 131 cm³/mol. The van der Waals surface area contributed by atoms with Crippen LogP contribution in [0.25, 0.3) is 10.8 Å². The number of rotatable bonds is 4. The zero-order valence-corrected chi connectivity index (χ0v) is 19.1. The molecule has 2 heterocycles. The van der Waals surface area contributed by atoms with E-state index in [0.29, 0.717) is 35.0 Å². The van der Waals surface area contributed by atoms with Gasteiger partial charge in [-0.25, -0.2) is 9.49 Å².